The Bertz CT molecular complexity index is 317. The average Bonchev–Trinajstić information content (AvgIpc) is 1.78. The third-order valence-electron chi connectivity index (χ3n) is 0.757. The summed E-state index contributed by atoms with van der Waals surface area (Å²) in [7, 11) is -6.48. The van der Waals surface area contributed by atoms with Crippen LogP contribution in [0.15, 0.2) is 4.36 Å². The standard InChI is InChI=1S/C3H7NO5S2/c5-10(6)4-2-1-3-11(7,8)9/h1-3H2,(H,7,8,9). The Morgan fingerprint density at radius 1 is 1.36 bits per heavy atom. The van der Waals surface area contributed by atoms with E-state index in [1.807, 2.05) is 0 Å². The molecule has 0 radical (unpaired) electrons. The third-order valence-corrected chi connectivity index (χ3v) is 1.96. The fourth-order valence-corrected chi connectivity index (χ4v) is 1.16. The van der Waals surface area contributed by atoms with Crippen LogP contribution in [0.4, 0.5) is 0 Å². The molecular formula is C3H7NO5S2. The van der Waals surface area contributed by atoms with Gasteiger partial charge in [0, 0.05) is 0 Å². The molecule has 0 aromatic carbocycles. The van der Waals surface area contributed by atoms with Crippen molar-refractivity contribution in [1.82, 2.24) is 0 Å². The highest BCUT2D eigenvalue weighted by Crippen LogP contribution is 1.88. The van der Waals surface area contributed by atoms with E-state index in [-0.39, 0.29) is 13.0 Å². The van der Waals surface area contributed by atoms with Gasteiger partial charge in [-0.3, -0.25) is 4.55 Å². The molecule has 0 aliphatic heterocycles. The van der Waals surface area contributed by atoms with E-state index in [0.717, 1.165) is 0 Å². The minimum Gasteiger partial charge on any atom is -0.286 e. The van der Waals surface area contributed by atoms with E-state index < -0.39 is 26.4 Å². The van der Waals surface area contributed by atoms with Crippen LogP contribution in [0, 0.1) is 0 Å². The molecule has 0 aromatic rings. The third kappa shape index (κ3) is 9.53. The molecule has 0 atom stereocenters. The predicted octanol–water partition coefficient (Wildman–Crippen LogP) is -0.673. The minimum absolute atomic E-state index is 0.00676. The topological polar surface area (TPSA) is 101 Å². The van der Waals surface area contributed by atoms with Crippen LogP contribution in [0.3, 0.4) is 0 Å². The van der Waals surface area contributed by atoms with Gasteiger partial charge in [0.05, 0.1) is 12.3 Å². The van der Waals surface area contributed by atoms with Crippen LogP contribution in [0.25, 0.3) is 0 Å². The fourth-order valence-electron chi connectivity index (χ4n) is 0.386. The molecule has 0 rings (SSSR count). The first-order valence-electron chi connectivity index (χ1n) is 2.64. The van der Waals surface area contributed by atoms with E-state index in [4.69, 9.17) is 4.55 Å². The van der Waals surface area contributed by atoms with Gasteiger partial charge in [-0.2, -0.15) is 21.2 Å². The number of rotatable bonds is 4. The Kier molecular flexibility index (Phi) is 4.23. The molecule has 0 fully saturated rings. The van der Waals surface area contributed by atoms with Crippen LogP contribution in [0.2, 0.25) is 0 Å². The van der Waals surface area contributed by atoms with Crippen LogP contribution < -0.4 is 0 Å². The molecule has 0 aliphatic carbocycles. The summed E-state index contributed by atoms with van der Waals surface area (Å²) < 4.78 is 50.7. The summed E-state index contributed by atoms with van der Waals surface area (Å²) >= 11 is 0. The lowest BCUT2D eigenvalue weighted by Gasteiger charge is -1.90. The molecule has 0 spiro atoms. The van der Waals surface area contributed by atoms with Crippen molar-refractivity contribution in [3.63, 3.8) is 0 Å². The van der Waals surface area contributed by atoms with Crippen LogP contribution in [0.1, 0.15) is 6.42 Å². The minimum atomic E-state index is -3.98. The van der Waals surface area contributed by atoms with E-state index in [0.29, 0.717) is 0 Å². The zero-order chi connectivity index (χ0) is 8.91. The molecule has 0 aromatic heterocycles. The molecule has 0 saturated heterocycles. The Morgan fingerprint density at radius 2 is 1.91 bits per heavy atom. The number of hydrogen-bond acceptors (Lipinski definition) is 5. The zero-order valence-corrected chi connectivity index (χ0v) is 7.10. The normalized spacial score (nSPS) is 11.0. The SMILES string of the molecule is O=S(=O)=NCCCS(=O)(=O)O. The second-order valence-electron chi connectivity index (χ2n) is 1.71. The van der Waals surface area contributed by atoms with Crippen LogP contribution in [-0.2, 0) is 20.6 Å². The summed E-state index contributed by atoms with van der Waals surface area (Å²) in [5, 5.41) is 0. The lowest BCUT2D eigenvalue weighted by Crippen LogP contribution is -2.04. The van der Waals surface area contributed by atoms with E-state index in [2.05, 4.69) is 4.36 Å². The van der Waals surface area contributed by atoms with Crippen LogP contribution in [0.5, 0.6) is 0 Å². The molecule has 8 heteroatoms. The monoisotopic (exact) mass is 201 g/mol. The van der Waals surface area contributed by atoms with Gasteiger partial charge in [-0.05, 0) is 6.42 Å². The molecule has 0 unspecified atom stereocenters. The highest BCUT2D eigenvalue weighted by molar-refractivity contribution is 7.85. The van der Waals surface area contributed by atoms with Gasteiger partial charge in [0.2, 0.25) is 0 Å². The molecule has 0 aliphatic rings. The van der Waals surface area contributed by atoms with Crippen molar-refractivity contribution in [3.05, 3.63) is 0 Å². The lowest BCUT2D eigenvalue weighted by molar-refractivity contribution is 0.481. The molecule has 0 saturated carbocycles. The first-order valence-corrected chi connectivity index (χ1v) is 5.28. The van der Waals surface area contributed by atoms with Crippen molar-refractivity contribution in [1.29, 1.82) is 0 Å². The maximum Gasteiger partial charge on any atom is 0.311 e. The zero-order valence-electron chi connectivity index (χ0n) is 5.47. The molecule has 0 bridgehead atoms. The summed E-state index contributed by atoms with van der Waals surface area (Å²) in [6.45, 7) is -0.115. The van der Waals surface area contributed by atoms with Gasteiger partial charge < -0.3 is 0 Å². The Balaban J connectivity index is 3.70. The van der Waals surface area contributed by atoms with E-state index in [1.54, 1.807) is 0 Å². The quantitative estimate of drug-likeness (QED) is 0.480. The second kappa shape index (κ2) is 4.42. The van der Waals surface area contributed by atoms with Gasteiger partial charge in [-0.25, -0.2) is 0 Å². The highest BCUT2D eigenvalue weighted by atomic mass is 32.2. The van der Waals surface area contributed by atoms with Crippen LogP contribution >= 0.6 is 0 Å². The van der Waals surface area contributed by atoms with E-state index >= 15 is 0 Å². The summed E-state index contributed by atoms with van der Waals surface area (Å²) in [6.07, 6.45) is 0.00676. The Morgan fingerprint density at radius 3 is 2.27 bits per heavy atom. The van der Waals surface area contributed by atoms with Gasteiger partial charge in [-0.1, -0.05) is 0 Å². The molecule has 1 N–H and O–H groups in total. The maximum absolute atomic E-state index is 10.0. The number of nitrogens with zero attached hydrogens (tertiary/aromatic N) is 1. The molecule has 0 amide bonds. The summed E-state index contributed by atoms with van der Waals surface area (Å²) in [5.74, 6) is -0.465. The summed E-state index contributed by atoms with van der Waals surface area (Å²) in [5.41, 5.74) is 0. The van der Waals surface area contributed by atoms with Crippen molar-refractivity contribution >= 4 is 20.6 Å². The molecule has 6 nitrogen and oxygen atoms in total. The number of hydrogen-bond donors (Lipinski definition) is 1. The summed E-state index contributed by atoms with van der Waals surface area (Å²) in [4.78, 5) is 0. The molecule has 0 heterocycles. The van der Waals surface area contributed by atoms with Gasteiger partial charge in [-0.15, -0.1) is 0 Å². The summed E-state index contributed by atoms with van der Waals surface area (Å²) in [6, 6.07) is 0. The van der Waals surface area contributed by atoms with Crippen LogP contribution in [-0.4, -0.2) is 33.7 Å². The predicted molar refractivity (Wildman–Crippen MR) is 37.2 cm³/mol. The Hall–Kier alpha value is -0.470. The van der Waals surface area contributed by atoms with Gasteiger partial charge in [0.25, 0.3) is 10.1 Å². The highest BCUT2D eigenvalue weighted by Gasteiger charge is 2.01. The first-order chi connectivity index (χ1) is 4.92. The molecule has 66 valence electrons. The van der Waals surface area contributed by atoms with E-state index in [9.17, 15) is 16.8 Å². The van der Waals surface area contributed by atoms with Gasteiger partial charge in [0.1, 0.15) is 0 Å². The van der Waals surface area contributed by atoms with Crippen molar-refractivity contribution in [3.8, 4) is 0 Å². The second-order valence-corrected chi connectivity index (χ2v) is 3.97. The van der Waals surface area contributed by atoms with Crippen molar-refractivity contribution in [2.45, 2.75) is 6.42 Å². The molecular weight excluding hydrogens is 194 g/mol. The van der Waals surface area contributed by atoms with E-state index in [1.165, 1.54) is 0 Å². The first kappa shape index (κ1) is 10.5. The average molecular weight is 201 g/mol. The van der Waals surface area contributed by atoms with Crippen molar-refractivity contribution in [2.75, 3.05) is 12.3 Å². The van der Waals surface area contributed by atoms with Gasteiger partial charge >= 0.3 is 10.5 Å². The largest absolute Gasteiger partial charge is 0.311 e. The fraction of sp³-hybridized carbons (Fsp3) is 1.00. The maximum atomic E-state index is 10.0. The lowest BCUT2D eigenvalue weighted by atomic mass is 10.5. The smallest absolute Gasteiger partial charge is 0.286 e. The van der Waals surface area contributed by atoms with Gasteiger partial charge in [0.15, 0.2) is 0 Å². The Labute approximate surface area is 65.7 Å². The van der Waals surface area contributed by atoms with Crippen molar-refractivity contribution in [2.24, 2.45) is 4.36 Å². The molecule has 11 heavy (non-hydrogen) atoms. The van der Waals surface area contributed by atoms with Crippen molar-refractivity contribution < 1.29 is 21.4 Å².